The molecule has 0 bridgehead atoms. The highest BCUT2D eigenvalue weighted by Crippen LogP contribution is 2.33. The predicted octanol–water partition coefficient (Wildman–Crippen LogP) is 2.75. The molecule has 0 aromatic heterocycles. The van der Waals surface area contributed by atoms with Gasteiger partial charge < -0.3 is 13.7 Å². The lowest BCUT2D eigenvalue weighted by atomic mass is 10.3. The van der Waals surface area contributed by atoms with Gasteiger partial charge in [-0.1, -0.05) is 6.07 Å². The first-order valence-electron chi connectivity index (χ1n) is 5.99. The van der Waals surface area contributed by atoms with Gasteiger partial charge >= 0.3 is 10.1 Å². The summed E-state index contributed by atoms with van der Waals surface area (Å²) in [4.78, 5) is -0.741. The highest BCUT2D eigenvalue weighted by molar-refractivity contribution is 7.87. The Morgan fingerprint density at radius 2 is 1.59 bits per heavy atom. The number of hydrogen-bond donors (Lipinski definition) is 0. The van der Waals surface area contributed by atoms with Gasteiger partial charge in [0, 0.05) is 18.2 Å². The molecular formula is C14H12F2O5S. The summed E-state index contributed by atoms with van der Waals surface area (Å²) >= 11 is 0. The van der Waals surface area contributed by atoms with Crippen molar-refractivity contribution in [3.63, 3.8) is 0 Å². The van der Waals surface area contributed by atoms with Crippen molar-refractivity contribution in [2.24, 2.45) is 0 Å². The van der Waals surface area contributed by atoms with Gasteiger partial charge in [0.15, 0.2) is 11.5 Å². The summed E-state index contributed by atoms with van der Waals surface area (Å²) in [5.74, 6) is -1.97. The van der Waals surface area contributed by atoms with Crippen molar-refractivity contribution in [1.29, 1.82) is 0 Å². The molecule has 0 heterocycles. The number of rotatable bonds is 5. The Hall–Kier alpha value is -2.35. The van der Waals surface area contributed by atoms with Crippen LogP contribution in [-0.2, 0) is 10.1 Å². The Balaban J connectivity index is 2.45. The third-order valence-electron chi connectivity index (χ3n) is 2.71. The summed E-state index contributed by atoms with van der Waals surface area (Å²) in [5.41, 5.74) is 0. The van der Waals surface area contributed by atoms with E-state index in [1.54, 1.807) is 0 Å². The Labute approximate surface area is 126 Å². The van der Waals surface area contributed by atoms with Crippen LogP contribution in [0, 0.1) is 11.6 Å². The average molecular weight is 330 g/mol. The molecule has 0 fully saturated rings. The number of hydrogen-bond acceptors (Lipinski definition) is 5. The highest BCUT2D eigenvalue weighted by Gasteiger charge is 2.25. The molecule has 0 unspecified atom stereocenters. The van der Waals surface area contributed by atoms with Crippen LogP contribution in [0.2, 0.25) is 0 Å². The quantitative estimate of drug-likeness (QED) is 0.789. The van der Waals surface area contributed by atoms with Crippen molar-refractivity contribution in [3.05, 3.63) is 48.0 Å². The van der Waals surface area contributed by atoms with Crippen molar-refractivity contribution >= 4 is 10.1 Å². The summed E-state index contributed by atoms with van der Waals surface area (Å²) in [7, 11) is -1.93. The van der Waals surface area contributed by atoms with E-state index in [1.165, 1.54) is 26.4 Å². The third kappa shape index (κ3) is 3.28. The van der Waals surface area contributed by atoms with E-state index in [0.29, 0.717) is 0 Å². The normalized spacial score (nSPS) is 11.1. The molecule has 2 rings (SSSR count). The summed E-state index contributed by atoms with van der Waals surface area (Å²) < 4.78 is 65.8. The average Bonchev–Trinajstić information content (AvgIpc) is 2.46. The van der Waals surface area contributed by atoms with Crippen molar-refractivity contribution in [3.8, 4) is 17.2 Å². The zero-order chi connectivity index (χ0) is 16.3. The third-order valence-corrected chi connectivity index (χ3v) is 3.97. The van der Waals surface area contributed by atoms with Crippen molar-refractivity contribution in [1.82, 2.24) is 0 Å². The second-order valence-corrected chi connectivity index (χ2v) is 5.65. The fourth-order valence-electron chi connectivity index (χ4n) is 1.72. The molecule has 22 heavy (non-hydrogen) atoms. The van der Waals surface area contributed by atoms with Gasteiger partial charge in [-0.25, -0.2) is 8.78 Å². The molecule has 0 aliphatic heterocycles. The molecule has 0 spiro atoms. The molecule has 118 valence electrons. The maximum atomic E-state index is 14.0. The fourth-order valence-corrected chi connectivity index (χ4v) is 2.71. The minimum absolute atomic E-state index is 0.0188. The lowest BCUT2D eigenvalue weighted by molar-refractivity contribution is 0.349. The summed E-state index contributed by atoms with van der Waals surface area (Å²) in [6.07, 6.45) is 0. The molecule has 2 aromatic carbocycles. The van der Waals surface area contributed by atoms with E-state index in [9.17, 15) is 17.2 Å². The smallest absolute Gasteiger partial charge is 0.342 e. The van der Waals surface area contributed by atoms with E-state index >= 15 is 0 Å². The molecule has 0 radical (unpaired) electrons. The molecule has 5 nitrogen and oxygen atoms in total. The lowest BCUT2D eigenvalue weighted by Gasteiger charge is -2.12. The van der Waals surface area contributed by atoms with Gasteiger partial charge in [-0.2, -0.15) is 8.42 Å². The Morgan fingerprint density at radius 3 is 2.18 bits per heavy atom. The Morgan fingerprint density at radius 1 is 0.955 bits per heavy atom. The highest BCUT2D eigenvalue weighted by atomic mass is 32.2. The molecule has 0 atom stereocenters. The van der Waals surface area contributed by atoms with E-state index in [-0.39, 0.29) is 17.2 Å². The van der Waals surface area contributed by atoms with E-state index in [1.807, 2.05) is 0 Å². The molecule has 0 saturated heterocycles. The van der Waals surface area contributed by atoms with Crippen LogP contribution in [0.5, 0.6) is 17.2 Å². The standard InChI is InChI=1S/C14H12F2O5S/c1-19-12-7-11(16)14(8-13(12)20-2)22(17,18)21-10-5-3-4-9(15)6-10/h3-8H,1-2H3. The maximum Gasteiger partial charge on any atom is 0.342 e. The molecule has 8 heteroatoms. The van der Waals surface area contributed by atoms with Gasteiger partial charge in [-0.05, 0) is 12.1 Å². The van der Waals surface area contributed by atoms with Crippen LogP contribution < -0.4 is 13.7 Å². The van der Waals surface area contributed by atoms with Crippen LogP contribution in [0.3, 0.4) is 0 Å². The molecule has 0 saturated carbocycles. The molecular weight excluding hydrogens is 318 g/mol. The second kappa shape index (κ2) is 6.18. The zero-order valence-corrected chi connectivity index (χ0v) is 12.5. The van der Waals surface area contributed by atoms with E-state index < -0.39 is 26.6 Å². The maximum absolute atomic E-state index is 14.0. The van der Waals surface area contributed by atoms with Crippen LogP contribution in [0.15, 0.2) is 41.3 Å². The number of benzene rings is 2. The SMILES string of the molecule is COc1cc(F)c(S(=O)(=O)Oc2cccc(F)c2)cc1OC. The monoisotopic (exact) mass is 330 g/mol. The van der Waals surface area contributed by atoms with E-state index in [2.05, 4.69) is 0 Å². The first-order chi connectivity index (χ1) is 10.4. The van der Waals surface area contributed by atoms with Crippen molar-refractivity contribution in [2.75, 3.05) is 14.2 Å². The summed E-state index contributed by atoms with van der Waals surface area (Å²) in [6.45, 7) is 0. The molecule has 2 aromatic rings. The van der Waals surface area contributed by atoms with Gasteiger partial charge in [-0.15, -0.1) is 0 Å². The number of halogens is 2. The van der Waals surface area contributed by atoms with Gasteiger partial charge in [0.1, 0.15) is 22.3 Å². The van der Waals surface area contributed by atoms with Crippen LogP contribution in [-0.4, -0.2) is 22.6 Å². The van der Waals surface area contributed by atoms with Crippen LogP contribution in [0.4, 0.5) is 8.78 Å². The van der Waals surface area contributed by atoms with Crippen LogP contribution in [0.1, 0.15) is 0 Å². The Bertz CT molecular complexity index is 790. The first kappa shape index (κ1) is 16.0. The first-order valence-corrected chi connectivity index (χ1v) is 7.40. The zero-order valence-electron chi connectivity index (χ0n) is 11.7. The number of methoxy groups -OCH3 is 2. The minimum atomic E-state index is -4.50. The molecule has 0 N–H and O–H groups in total. The summed E-state index contributed by atoms with van der Waals surface area (Å²) in [6, 6.07) is 6.29. The Kier molecular flexibility index (Phi) is 4.51. The van der Waals surface area contributed by atoms with Crippen molar-refractivity contribution in [2.45, 2.75) is 4.90 Å². The van der Waals surface area contributed by atoms with Gasteiger partial charge in [-0.3, -0.25) is 0 Å². The minimum Gasteiger partial charge on any atom is -0.493 e. The van der Waals surface area contributed by atoms with E-state index in [4.69, 9.17) is 13.7 Å². The fraction of sp³-hybridized carbons (Fsp3) is 0.143. The predicted molar refractivity (Wildman–Crippen MR) is 73.7 cm³/mol. The number of ether oxygens (including phenoxy) is 2. The van der Waals surface area contributed by atoms with Gasteiger partial charge in [0.25, 0.3) is 0 Å². The lowest BCUT2D eigenvalue weighted by Crippen LogP contribution is -2.12. The van der Waals surface area contributed by atoms with Crippen molar-refractivity contribution < 1.29 is 30.9 Å². The van der Waals surface area contributed by atoms with Gasteiger partial charge in [0.05, 0.1) is 14.2 Å². The van der Waals surface area contributed by atoms with Gasteiger partial charge in [0.2, 0.25) is 0 Å². The van der Waals surface area contributed by atoms with Crippen LogP contribution in [0.25, 0.3) is 0 Å². The largest absolute Gasteiger partial charge is 0.493 e. The molecule has 0 aliphatic carbocycles. The second-order valence-electron chi connectivity index (χ2n) is 4.13. The summed E-state index contributed by atoms with van der Waals surface area (Å²) in [5, 5.41) is 0. The topological polar surface area (TPSA) is 61.8 Å². The molecule has 0 amide bonds. The van der Waals surface area contributed by atoms with E-state index in [0.717, 1.165) is 24.3 Å². The molecule has 0 aliphatic rings. The van der Waals surface area contributed by atoms with Crippen LogP contribution >= 0.6 is 0 Å².